The second-order valence-electron chi connectivity index (χ2n) is 11.6. The number of allylic oxidation sites excluding steroid dienone is 1. The number of anilines is 1. The number of amides is 1. The van der Waals surface area contributed by atoms with Crippen molar-refractivity contribution in [3.05, 3.63) is 70.4 Å². The summed E-state index contributed by atoms with van der Waals surface area (Å²) in [5, 5.41) is 3.13. The van der Waals surface area contributed by atoms with Gasteiger partial charge in [0.2, 0.25) is 0 Å². The molecule has 40 heavy (non-hydrogen) atoms. The van der Waals surface area contributed by atoms with E-state index in [9.17, 15) is 9.59 Å². The lowest BCUT2D eigenvalue weighted by molar-refractivity contribution is -0.123. The first-order valence-corrected chi connectivity index (χ1v) is 15.0. The molecule has 1 N–H and O–H groups in total. The molecule has 2 heterocycles. The van der Waals surface area contributed by atoms with E-state index >= 15 is 0 Å². The first-order chi connectivity index (χ1) is 19.6. The predicted molar refractivity (Wildman–Crippen MR) is 158 cm³/mol. The van der Waals surface area contributed by atoms with Crippen LogP contribution in [0, 0.1) is 17.8 Å². The fourth-order valence-electron chi connectivity index (χ4n) is 6.91. The van der Waals surface area contributed by atoms with Crippen molar-refractivity contribution in [1.29, 1.82) is 0 Å². The molecule has 2 aliphatic heterocycles. The zero-order valence-corrected chi connectivity index (χ0v) is 23.5. The van der Waals surface area contributed by atoms with Crippen LogP contribution in [-0.2, 0) is 4.79 Å². The second-order valence-corrected chi connectivity index (χ2v) is 11.6. The summed E-state index contributed by atoms with van der Waals surface area (Å²) < 4.78 is 6.19. The van der Waals surface area contributed by atoms with Gasteiger partial charge in [-0.15, -0.1) is 0 Å². The molecule has 0 saturated heterocycles. The van der Waals surface area contributed by atoms with E-state index in [0.717, 1.165) is 61.9 Å². The van der Waals surface area contributed by atoms with Crippen molar-refractivity contribution in [2.24, 2.45) is 5.92 Å². The van der Waals surface area contributed by atoms with Crippen LogP contribution in [0.25, 0.3) is 0 Å². The number of carbonyl (C=O) groups excluding carboxylic acids is 2. The first-order valence-electron chi connectivity index (χ1n) is 15.0. The van der Waals surface area contributed by atoms with Gasteiger partial charge in [0.1, 0.15) is 6.61 Å². The standard InChI is InChI=1S/C34H39N3O3/c1-36-23-32(38)29(27-14-8-9-15-30(27)36)22-35-34(39)28-20-25(17-16-24-10-4-2-5-11-24)21-31-33(28)40-19-18-37(31)26-12-6-3-7-13-26/h2,4-5,10-11,20-21,26,29H,3,6-9,12-15,18-19,22-23H2,1H3,(H,35,39). The van der Waals surface area contributed by atoms with Gasteiger partial charge in [-0.05, 0) is 68.4 Å². The average molecular weight is 538 g/mol. The number of hydrogen-bond acceptors (Lipinski definition) is 5. The van der Waals surface area contributed by atoms with E-state index < -0.39 is 0 Å². The molecule has 1 atom stereocenters. The molecule has 0 spiro atoms. The summed E-state index contributed by atoms with van der Waals surface area (Å²) in [6.45, 7) is 2.11. The van der Waals surface area contributed by atoms with Crippen LogP contribution in [0.4, 0.5) is 5.69 Å². The van der Waals surface area contributed by atoms with Gasteiger partial charge in [-0.3, -0.25) is 9.59 Å². The molecule has 6 rings (SSSR count). The van der Waals surface area contributed by atoms with Gasteiger partial charge in [-0.25, -0.2) is 0 Å². The Kier molecular flexibility index (Phi) is 7.82. The van der Waals surface area contributed by atoms with Gasteiger partial charge >= 0.3 is 0 Å². The Morgan fingerprint density at radius 3 is 2.60 bits per heavy atom. The molecular formula is C34H39N3O3. The van der Waals surface area contributed by atoms with Crippen molar-refractivity contribution in [2.75, 3.05) is 38.2 Å². The lowest BCUT2D eigenvalue weighted by atomic mass is 9.81. The monoisotopic (exact) mass is 537 g/mol. The number of carbonyl (C=O) groups is 2. The zero-order valence-electron chi connectivity index (χ0n) is 23.5. The maximum atomic E-state index is 13.8. The summed E-state index contributed by atoms with van der Waals surface area (Å²) in [6.07, 6.45) is 10.3. The highest BCUT2D eigenvalue weighted by Gasteiger charge is 2.35. The second kappa shape index (κ2) is 11.8. The third-order valence-electron chi connectivity index (χ3n) is 8.95. The maximum Gasteiger partial charge on any atom is 0.255 e. The molecule has 1 unspecified atom stereocenters. The molecule has 208 valence electrons. The predicted octanol–water partition coefficient (Wildman–Crippen LogP) is 5.31. The molecular weight excluding hydrogens is 498 g/mol. The van der Waals surface area contributed by atoms with Crippen molar-refractivity contribution >= 4 is 17.4 Å². The minimum Gasteiger partial charge on any atom is -0.489 e. The lowest BCUT2D eigenvalue weighted by Gasteiger charge is -2.40. The smallest absolute Gasteiger partial charge is 0.255 e. The number of rotatable bonds is 4. The Bertz CT molecular complexity index is 1360. The normalized spacial score (nSPS) is 21.1. The SMILES string of the molecule is CN1CC(=O)C(CNC(=O)c2cc(C#Cc3ccccc3)cc3c2OCCN3C2CCCCC2)C2=C1CCCC2. The van der Waals surface area contributed by atoms with Crippen LogP contribution in [0.2, 0.25) is 0 Å². The van der Waals surface area contributed by atoms with Gasteiger partial charge in [0.25, 0.3) is 5.91 Å². The van der Waals surface area contributed by atoms with Gasteiger partial charge in [0.05, 0.1) is 30.3 Å². The number of likely N-dealkylation sites (N-methyl/N-ethyl adjacent to an activating group) is 1. The molecule has 2 aromatic carbocycles. The van der Waals surface area contributed by atoms with E-state index in [1.54, 1.807) is 0 Å². The van der Waals surface area contributed by atoms with Crippen molar-refractivity contribution in [3.63, 3.8) is 0 Å². The summed E-state index contributed by atoms with van der Waals surface area (Å²) >= 11 is 0. The van der Waals surface area contributed by atoms with Gasteiger partial charge in [-0.2, -0.15) is 0 Å². The number of hydrogen-bond donors (Lipinski definition) is 1. The van der Waals surface area contributed by atoms with Gasteiger partial charge in [0, 0.05) is 36.5 Å². The molecule has 2 aliphatic carbocycles. The van der Waals surface area contributed by atoms with E-state index in [4.69, 9.17) is 4.74 Å². The van der Waals surface area contributed by atoms with E-state index in [1.807, 2.05) is 43.4 Å². The zero-order chi connectivity index (χ0) is 27.5. The molecule has 0 aromatic heterocycles. The third-order valence-corrected chi connectivity index (χ3v) is 8.95. The van der Waals surface area contributed by atoms with E-state index in [2.05, 4.69) is 33.0 Å². The maximum absolute atomic E-state index is 13.8. The van der Waals surface area contributed by atoms with Crippen molar-refractivity contribution in [3.8, 4) is 17.6 Å². The summed E-state index contributed by atoms with van der Waals surface area (Å²) in [5.41, 5.74) is 5.72. The number of ether oxygens (including phenoxy) is 1. The number of fused-ring (bicyclic) bond motifs is 1. The topological polar surface area (TPSA) is 61.9 Å². The van der Waals surface area contributed by atoms with Crippen LogP contribution in [0.5, 0.6) is 5.75 Å². The highest BCUT2D eigenvalue weighted by atomic mass is 16.5. The van der Waals surface area contributed by atoms with Gasteiger partial charge in [0.15, 0.2) is 11.5 Å². The van der Waals surface area contributed by atoms with Crippen molar-refractivity contribution < 1.29 is 14.3 Å². The first kappa shape index (κ1) is 26.5. The highest BCUT2D eigenvalue weighted by molar-refractivity contribution is 6.00. The van der Waals surface area contributed by atoms with Crippen LogP contribution in [0.3, 0.4) is 0 Å². The van der Waals surface area contributed by atoms with E-state index in [-0.39, 0.29) is 17.6 Å². The quantitative estimate of drug-likeness (QED) is 0.536. The summed E-state index contributed by atoms with van der Waals surface area (Å²) in [7, 11) is 2.01. The minimum atomic E-state index is -0.244. The largest absolute Gasteiger partial charge is 0.489 e. The Labute approximate surface area is 237 Å². The highest BCUT2D eigenvalue weighted by Crippen LogP contribution is 2.40. The lowest BCUT2D eigenvalue weighted by Crippen LogP contribution is -2.44. The Morgan fingerprint density at radius 1 is 1.00 bits per heavy atom. The molecule has 0 radical (unpaired) electrons. The fraction of sp³-hybridized carbons (Fsp3) is 0.471. The Balaban J connectivity index is 1.31. The van der Waals surface area contributed by atoms with Crippen molar-refractivity contribution in [2.45, 2.75) is 63.8 Å². The van der Waals surface area contributed by atoms with Crippen LogP contribution in [0.1, 0.15) is 79.3 Å². The number of nitrogens with one attached hydrogen (secondary N) is 1. The average Bonchev–Trinajstić information content (AvgIpc) is 3.00. The van der Waals surface area contributed by atoms with Crippen molar-refractivity contribution in [1.82, 2.24) is 10.2 Å². The molecule has 4 aliphatic rings. The molecule has 0 bridgehead atoms. The summed E-state index contributed by atoms with van der Waals surface area (Å²) in [5.74, 6) is 6.95. The molecule has 1 amide bonds. The van der Waals surface area contributed by atoms with Crippen LogP contribution in [0.15, 0.2) is 53.7 Å². The summed E-state index contributed by atoms with van der Waals surface area (Å²) in [4.78, 5) is 31.4. The molecule has 1 saturated carbocycles. The van der Waals surface area contributed by atoms with Crippen LogP contribution >= 0.6 is 0 Å². The Morgan fingerprint density at radius 2 is 1.77 bits per heavy atom. The molecule has 2 aromatic rings. The number of benzene rings is 2. The van der Waals surface area contributed by atoms with E-state index in [0.29, 0.717) is 37.1 Å². The minimum absolute atomic E-state index is 0.188. The molecule has 1 fully saturated rings. The molecule has 6 nitrogen and oxygen atoms in total. The number of Topliss-reactive ketones (excluding diaryl/α,β-unsaturated/α-hetero) is 1. The Hall–Kier alpha value is -3.72. The third kappa shape index (κ3) is 5.47. The van der Waals surface area contributed by atoms with Gasteiger partial charge < -0.3 is 19.9 Å². The van der Waals surface area contributed by atoms with Crippen LogP contribution < -0.4 is 15.0 Å². The summed E-state index contributed by atoms with van der Waals surface area (Å²) in [6, 6.07) is 14.3. The number of nitrogens with zero attached hydrogens (tertiary/aromatic N) is 2. The van der Waals surface area contributed by atoms with E-state index in [1.165, 1.54) is 30.5 Å². The number of ketones is 1. The fourth-order valence-corrected chi connectivity index (χ4v) is 6.91. The van der Waals surface area contributed by atoms with Crippen LogP contribution in [-0.4, -0.2) is 55.9 Å². The molecule has 6 heteroatoms. The van der Waals surface area contributed by atoms with Gasteiger partial charge in [-0.1, -0.05) is 49.3 Å².